The van der Waals surface area contributed by atoms with Crippen molar-refractivity contribution in [2.24, 2.45) is 0 Å². The van der Waals surface area contributed by atoms with Crippen LogP contribution in [-0.2, 0) is 11.3 Å². The maximum absolute atomic E-state index is 12.6. The van der Waals surface area contributed by atoms with Crippen LogP contribution in [0.3, 0.4) is 0 Å². The number of aromatic nitrogens is 4. The summed E-state index contributed by atoms with van der Waals surface area (Å²) in [5.74, 6) is 0.213. The minimum absolute atomic E-state index is 0.218. The predicted molar refractivity (Wildman–Crippen MR) is 113 cm³/mol. The third-order valence-corrected chi connectivity index (χ3v) is 5.98. The second-order valence-electron chi connectivity index (χ2n) is 5.95. The molecule has 6 nitrogen and oxygen atoms in total. The van der Waals surface area contributed by atoms with E-state index in [1.807, 2.05) is 13.0 Å². The van der Waals surface area contributed by atoms with Crippen molar-refractivity contribution in [2.75, 3.05) is 5.32 Å². The topological polar surface area (TPSA) is 64.7 Å². The molecule has 1 N–H and O–H groups in total. The van der Waals surface area contributed by atoms with Crippen LogP contribution in [0.15, 0.2) is 39.5 Å². The van der Waals surface area contributed by atoms with Crippen molar-refractivity contribution in [3.8, 4) is 0 Å². The van der Waals surface area contributed by atoms with Crippen LogP contribution in [0.25, 0.3) is 0 Å². The van der Waals surface area contributed by atoms with E-state index < -0.39 is 6.04 Å². The fourth-order valence-electron chi connectivity index (χ4n) is 2.51. The number of amides is 1. The van der Waals surface area contributed by atoms with Crippen molar-refractivity contribution in [1.29, 1.82) is 0 Å². The van der Waals surface area contributed by atoms with Gasteiger partial charge in [-0.3, -0.25) is 14.2 Å². The van der Waals surface area contributed by atoms with Crippen LogP contribution in [0, 0.1) is 6.92 Å². The fraction of sp³-hybridized carbons (Fsp3) is 0.235. The van der Waals surface area contributed by atoms with Crippen molar-refractivity contribution in [3.63, 3.8) is 0 Å². The summed E-state index contributed by atoms with van der Waals surface area (Å²) in [6, 6.07) is 4.82. The molecule has 0 aliphatic rings. The number of hydrogen-bond donors (Lipinski definition) is 1. The molecule has 10 heteroatoms. The first kappa shape index (κ1) is 20.4. The highest BCUT2D eigenvalue weighted by Gasteiger charge is 2.21. The van der Waals surface area contributed by atoms with Crippen LogP contribution in [0.2, 0.25) is 10.0 Å². The van der Waals surface area contributed by atoms with Gasteiger partial charge in [0.2, 0.25) is 5.91 Å². The smallest absolute Gasteiger partial charge is 0.250 e. The van der Waals surface area contributed by atoms with Crippen LogP contribution in [0.1, 0.15) is 24.2 Å². The van der Waals surface area contributed by atoms with Crippen molar-refractivity contribution >= 4 is 66.8 Å². The SMILES string of the molecule is Cc1c(Br)cnn1C(C)C(=O)Nc1nn(Cc2ccc(Cl)cc2Cl)cc1Br. The zero-order valence-corrected chi connectivity index (χ0v) is 19.1. The summed E-state index contributed by atoms with van der Waals surface area (Å²) in [5, 5.41) is 12.6. The number of anilines is 1. The standard InChI is InChI=1S/C17H15Br2Cl2N5O/c1-9-13(18)6-22-26(9)10(2)17(27)23-16-14(19)8-25(24-16)7-11-3-4-12(20)5-15(11)21/h3-6,8,10H,7H2,1-2H3,(H,23,24,27). The highest BCUT2D eigenvalue weighted by molar-refractivity contribution is 9.10. The highest BCUT2D eigenvalue weighted by Crippen LogP contribution is 2.25. The summed E-state index contributed by atoms with van der Waals surface area (Å²) in [4.78, 5) is 12.6. The van der Waals surface area contributed by atoms with Gasteiger partial charge in [-0.2, -0.15) is 10.2 Å². The Balaban J connectivity index is 1.74. The minimum atomic E-state index is -0.487. The molecule has 0 saturated carbocycles. The zero-order valence-electron chi connectivity index (χ0n) is 14.4. The Morgan fingerprint density at radius 1 is 1.30 bits per heavy atom. The van der Waals surface area contributed by atoms with Gasteiger partial charge >= 0.3 is 0 Å². The van der Waals surface area contributed by atoms with Gasteiger partial charge in [0.15, 0.2) is 5.82 Å². The number of nitrogens with zero attached hydrogens (tertiary/aromatic N) is 4. The number of carbonyl (C=O) groups excluding carboxylic acids is 1. The second-order valence-corrected chi connectivity index (χ2v) is 8.50. The first-order valence-corrected chi connectivity index (χ1v) is 10.3. The van der Waals surface area contributed by atoms with Crippen LogP contribution < -0.4 is 5.32 Å². The van der Waals surface area contributed by atoms with E-state index in [0.717, 1.165) is 15.7 Å². The maximum atomic E-state index is 12.6. The predicted octanol–water partition coefficient (Wildman–Crippen LogP) is 5.47. The Morgan fingerprint density at radius 3 is 2.67 bits per heavy atom. The molecule has 142 valence electrons. The van der Waals surface area contributed by atoms with Crippen LogP contribution in [0.4, 0.5) is 5.82 Å². The number of rotatable bonds is 5. The maximum Gasteiger partial charge on any atom is 0.250 e. The largest absolute Gasteiger partial charge is 0.306 e. The first-order chi connectivity index (χ1) is 12.8. The average Bonchev–Trinajstić information content (AvgIpc) is 3.12. The summed E-state index contributed by atoms with van der Waals surface area (Å²) in [6.45, 7) is 4.12. The molecule has 0 bridgehead atoms. The summed E-state index contributed by atoms with van der Waals surface area (Å²) in [5.41, 5.74) is 1.75. The van der Waals surface area contributed by atoms with E-state index in [0.29, 0.717) is 26.9 Å². The first-order valence-electron chi connectivity index (χ1n) is 7.93. The molecule has 2 heterocycles. The lowest BCUT2D eigenvalue weighted by molar-refractivity contribution is -0.119. The van der Waals surface area contributed by atoms with Crippen molar-refractivity contribution < 1.29 is 4.79 Å². The third-order valence-electron chi connectivity index (χ3n) is 4.04. The quantitative estimate of drug-likeness (QED) is 0.471. The molecule has 0 saturated heterocycles. The van der Waals surface area contributed by atoms with E-state index in [9.17, 15) is 4.79 Å². The van der Waals surface area contributed by atoms with Crippen molar-refractivity contribution in [3.05, 3.63) is 60.8 Å². The molecule has 3 aromatic rings. The molecule has 1 amide bonds. The molecular formula is C17H15Br2Cl2N5O. The number of nitrogens with one attached hydrogen (secondary N) is 1. The van der Waals surface area contributed by atoms with E-state index >= 15 is 0 Å². The van der Waals surface area contributed by atoms with Gasteiger partial charge in [0.25, 0.3) is 0 Å². The monoisotopic (exact) mass is 533 g/mol. The summed E-state index contributed by atoms with van der Waals surface area (Å²) in [7, 11) is 0. The van der Waals surface area contributed by atoms with E-state index in [-0.39, 0.29) is 5.91 Å². The third kappa shape index (κ3) is 4.56. The molecule has 0 fully saturated rings. The Hall–Kier alpha value is -1.35. The van der Waals surface area contributed by atoms with Gasteiger partial charge in [0.05, 0.1) is 27.4 Å². The summed E-state index contributed by atoms with van der Waals surface area (Å²) < 4.78 is 4.87. The molecule has 2 aromatic heterocycles. The normalized spacial score (nSPS) is 12.2. The van der Waals surface area contributed by atoms with Gasteiger partial charge in [-0.1, -0.05) is 29.3 Å². The molecular weight excluding hydrogens is 521 g/mol. The van der Waals surface area contributed by atoms with Crippen LogP contribution in [0.5, 0.6) is 0 Å². The van der Waals surface area contributed by atoms with Gasteiger partial charge < -0.3 is 5.32 Å². The molecule has 0 aliphatic carbocycles. The lowest BCUT2D eigenvalue weighted by atomic mass is 10.2. The van der Waals surface area contributed by atoms with Crippen molar-refractivity contribution in [2.45, 2.75) is 26.4 Å². The van der Waals surface area contributed by atoms with Gasteiger partial charge in [0.1, 0.15) is 6.04 Å². The molecule has 1 unspecified atom stereocenters. The van der Waals surface area contributed by atoms with Crippen LogP contribution >= 0.6 is 55.1 Å². The fourth-order valence-corrected chi connectivity index (χ4v) is 3.67. The molecule has 1 atom stereocenters. The molecule has 27 heavy (non-hydrogen) atoms. The molecule has 0 radical (unpaired) electrons. The van der Waals surface area contributed by atoms with E-state index in [4.69, 9.17) is 23.2 Å². The molecule has 0 aliphatic heterocycles. The van der Waals surface area contributed by atoms with Gasteiger partial charge in [-0.15, -0.1) is 0 Å². The summed E-state index contributed by atoms with van der Waals surface area (Å²) >= 11 is 19.0. The van der Waals surface area contributed by atoms with Gasteiger partial charge in [-0.05, 0) is 63.4 Å². The highest BCUT2D eigenvalue weighted by atomic mass is 79.9. The Bertz CT molecular complexity index is 1000. The van der Waals surface area contributed by atoms with Crippen molar-refractivity contribution in [1.82, 2.24) is 19.6 Å². The van der Waals surface area contributed by atoms with Gasteiger partial charge in [0, 0.05) is 16.2 Å². The Kier molecular flexibility index (Phi) is 6.30. The molecule has 0 spiro atoms. The molecule has 1 aromatic carbocycles. The second kappa shape index (κ2) is 8.34. The van der Waals surface area contributed by atoms with Crippen LogP contribution in [-0.4, -0.2) is 25.5 Å². The number of carbonyl (C=O) groups is 1. The van der Waals surface area contributed by atoms with E-state index in [2.05, 4.69) is 47.4 Å². The van der Waals surface area contributed by atoms with Gasteiger partial charge in [-0.25, -0.2) is 0 Å². The lowest BCUT2D eigenvalue weighted by Crippen LogP contribution is -2.25. The average molecular weight is 536 g/mol. The zero-order chi connectivity index (χ0) is 19.7. The Labute approximate surface area is 183 Å². The number of halogens is 4. The minimum Gasteiger partial charge on any atom is -0.306 e. The van der Waals surface area contributed by atoms with E-state index in [1.165, 1.54) is 0 Å². The molecule has 3 rings (SSSR count). The Morgan fingerprint density at radius 2 is 2.04 bits per heavy atom. The number of benzene rings is 1. The summed E-state index contributed by atoms with van der Waals surface area (Å²) in [6.07, 6.45) is 3.45. The number of hydrogen-bond acceptors (Lipinski definition) is 3. The van der Waals surface area contributed by atoms with E-state index in [1.54, 1.807) is 40.8 Å². The lowest BCUT2D eigenvalue weighted by Gasteiger charge is -2.13.